The Hall–Kier alpha value is -0.817. The molecule has 4 rings (SSSR count). The summed E-state index contributed by atoms with van der Waals surface area (Å²) in [6, 6.07) is 11.0. The SMILES string of the molecule is CC1=Cc2c(cccc2-n2cccc2)[CH]1[Zr+2][C]1=C(C)C=CC1.[Cl-].[Cl-]. The normalized spacial score (nSPS) is 17.8. The van der Waals surface area contributed by atoms with Crippen LogP contribution in [0.25, 0.3) is 11.8 Å². The van der Waals surface area contributed by atoms with E-state index in [4.69, 9.17) is 0 Å². The van der Waals surface area contributed by atoms with Crippen LogP contribution in [0, 0.1) is 0 Å². The summed E-state index contributed by atoms with van der Waals surface area (Å²) < 4.78 is 4.71. The molecule has 2 aromatic rings. The van der Waals surface area contributed by atoms with Crippen molar-refractivity contribution >= 4 is 6.08 Å². The van der Waals surface area contributed by atoms with E-state index in [2.05, 4.69) is 79.4 Å². The number of hydrogen-bond donors (Lipinski definition) is 0. The van der Waals surface area contributed by atoms with Crippen molar-refractivity contribution in [1.82, 2.24) is 4.57 Å². The molecule has 1 unspecified atom stereocenters. The van der Waals surface area contributed by atoms with Crippen LogP contribution in [0.2, 0.25) is 0 Å². The summed E-state index contributed by atoms with van der Waals surface area (Å²) in [7, 11) is 0. The molecule has 1 nitrogen and oxygen atoms in total. The van der Waals surface area contributed by atoms with Crippen molar-refractivity contribution in [1.29, 1.82) is 0 Å². The molecule has 1 aromatic heterocycles. The van der Waals surface area contributed by atoms with Crippen LogP contribution in [0.5, 0.6) is 0 Å². The molecule has 0 saturated carbocycles. The number of aromatic nitrogens is 1. The number of nitrogens with zero attached hydrogens (tertiary/aromatic N) is 1. The molecular weight excluding hydrogens is 416 g/mol. The van der Waals surface area contributed by atoms with Crippen molar-refractivity contribution in [3.63, 3.8) is 0 Å². The largest absolute Gasteiger partial charge is 1.00 e. The predicted octanol–water partition coefficient (Wildman–Crippen LogP) is -0.740. The van der Waals surface area contributed by atoms with Crippen LogP contribution in [0.1, 0.15) is 35.0 Å². The second kappa shape index (κ2) is 8.04. The van der Waals surface area contributed by atoms with Gasteiger partial charge in [-0.15, -0.1) is 0 Å². The fourth-order valence-electron chi connectivity index (χ4n) is 3.41. The van der Waals surface area contributed by atoms with E-state index >= 15 is 0 Å². The van der Waals surface area contributed by atoms with E-state index in [0.29, 0.717) is 3.63 Å². The van der Waals surface area contributed by atoms with Crippen LogP contribution < -0.4 is 24.8 Å². The summed E-state index contributed by atoms with van der Waals surface area (Å²) in [6.45, 7) is 4.61. The third kappa shape index (κ3) is 3.43. The monoisotopic (exact) mass is 433 g/mol. The van der Waals surface area contributed by atoms with Gasteiger partial charge in [0.15, 0.2) is 0 Å². The minimum absolute atomic E-state index is 0. The molecule has 122 valence electrons. The predicted molar refractivity (Wildman–Crippen MR) is 88.6 cm³/mol. The molecule has 1 atom stereocenters. The Morgan fingerprint density at radius 3 is 2.46 bits per heavy atom. The first-order chi connectivity index (χ1) is 10.7. The molecule has 4 heteroatoms. The quantitative estimate of drug-likeness (QED) is 0.599. The second-order valence-corrected chi connectivity index (χ2v) is 9.72. The van der Waals surface area contributed by atoms with Crippen LogP contribution in [-0.4, -0.2) is 4.57 Å². The van der Waals surface area contributed by atoms with E-state index in [9.17, 15) is 0 Å². The van der Waals surface area contributed by atoms with Gasteiger partial charge in [-0.05, 0) is 0 Å². The number of halogens is 2. The average molecular weight is 436 g/mol. The summed E-state index contributed by atoms with van der Waals surface area (Å²) in [5.41, 5.74) is 7.41. The van der Waals surface area contributed by atoms with Crippen LogP contribution in [0.15, 0.2) is 69.3 Å². The Kier molecular flexibility index (Phi) is 6.54. The molecule has 0 bridgehead atoms. The van der Waals surface area contributed by atoms with Crippen molar-refractivity contribution in [2.75, 3.05) is 0 Å². The summed E-state index contributed by atoms with van der Waals surface area (Å²) >= 11 is -0.605. The second-order valence-electron chi connectivity index (χ2n) is 6.10. The summed E-state index contributed by atoms with van der Waals surface area (Å²) in [5, 5.41) is 0. The van der Waals surface area contributed by atoms with Gasteiger partial charge >= 0.3 is 144 Å². The molecule has 2 aliphatic rings. The maximum absolute atomic E-state index is 2.43. The summed E-state index contributed by atoms with van der Waals surface area (Å²) in [5.74, 6) is 0. The van der Waals surface area contributed by atoms with Gasteiger partial charge in [0.25, 0.3) is 0 Å². The molecule has 0 N–H and O–H groups in total. The van der Waals surface area contributed by atoms with E-state index in [-0.39, 0.29) is 24.8 Å². The topological polar surface area (TPSA) is 4.93 Å². The van der Waals surface area contributed by atoms with Gasteiger partial charge in [-0.25, -0.2) is 0 Å². The zero-order valence-electron chi connectivity index (χ0n) is 13.8. The van der Waals surface area contributed by atoms with Gasteiger partial charge in [0.05, 0.1) is 0 Å². The molecule has 2 aliphatic carbocycles. The molecule has 24 heavy (non-hydrogen) atoms. The summed E-state index contributed by atoms with van der Waals surface area (Å²) in [4.78, 5) is 0. The van der Waals surface area contributed by atoms with Gasteiger partial charge in [-0.3, -0.25) is 0 Å². The molecular formula is C20H19Cl2NZr. The number of fused-ring (bicyclic) bond motifs is 1. The number of hydrogen-bond acceptors (Lipinski definition) is 0. The molecule has 1 heterocycles. The fourth-order valence-corrected chi connectivity index (χ4v) is 7.38. The van der Waals surface area contributed by atoms with E-state index < -0.39 is 23.2 Å². The Morgan fingerprint density at radius 1 is 1.04 bits per heavy atom. The standard InChI is InChI=1S/C14H12N.C6H7.2ClH.Zr/c1-11-9-12-5-4-6-14(13(12)10-11)15-7-2-3-8-15;1-6-4-2-3-5-6;;;/h2-10H,1H3;2,4H,3H2,1H3;2*1H;/q;;;;+2/p-2. The average Bonchev–Trinajstić information content (AvgIpc) is 3.22. The van der Waals surface area contributed by atoms with E-state index in [1.807, 2.05) is 0 Å². The maximum atomic E-state index is 2.43. The number of rotatable bonds is 3. The van der Waals surface area contributed by atoms with Crippen molar-refractivity contribution < 1.29 is 48.0 Å². The first-order valence-electron chi connectivity index (χ1n) is 7.81. The van der Waals surface area contributed by atoms with E-state index in [1.54, 1.807) is 14.4 Å². The number of allylic oxidation sites excluding steroid dienone is 5. The Morgan fingerprint density at radius 2 is 1.79 bits per heavy atom. The van der Waals surface area contributed by atoms with Gasteiger partial charge in [0, 0.05) is 0 Å². The van der Waals surface area contributed by atoms with Crippen molar-refractivity contribution in [3.8, 4) is 5.69 Å². The van der Waals surface area contributed by atoms with Gasteiger partial charge in [0.2, 0.25) is 0 Å². The molecule has 1 aromatic carbocycles. The Labute approximate surface area is 167 Å². The molecule has 0 fully saturated rings. The zero-order valence-corrected chi connectivity index (χ0v) is 17.7. The molecule has 0 amide bonds. The molecule has 0 aliphatic heterocycles. The third-order valence-electron chi connectivity index (χ3n) is 4.62. The maximum Gasteiger partial charge on any atom is -1.00 e. The Bertz CT molecular complexity index is 816. The van der Waals surface area contributed by atoms with Crippen molar-refractivity contribution in [2.45, 2.75) is 23.9 Å². The van der Waals surface area contributed by atoms with Crippen LogP contribution in [-0.2, 0) is 23.2 Å². The van der Waals surface area contributed by atoms with Crippen LogP contribution in [0.4, 0.5) is 0 Å². The van der Waals surface area contributed by atoms with Gasteiger partial charge < -0.3 is 24.8 Å². The third-order valence-corrected chi connectivity index (χ3v) is 9.54. The van der Waals surface area contributed by atoms with E-state index in [0.717, 1.165) is 0 Å². The van der Waals surface area contributed by atoms with Crippen LogP contribution >= 0.6 is 0 Å². The van der Waals surface area contributed by atoms with E-state index in [1.165, 1.54) is 23.2 Å². The first kappa shape index (κ1) is 19.5. The fraction of sp³-hybridized carbons (Fsp3) is 0.200. The van der Waals surface area contributed by atoms with Crippen molar-refractivity contribution in [3.05, 3.63) is 80.4 Å². The number of benzene rings is 1. The molecule has 0 radical (unpaired) electrons. The smallest absolute Gasteiger partial charge is 1.00 e. The molecule has 0 spiro atoms. The zero-order chi connectivity index (χ0) is 15.1. The van der Waals surface area contributed by atoms with Crippen molar-refractivity contribution in [2.24, 2.45) is 0 Å². The Balaban J connectivity index is 0.00000104. The first-order valence-corrected chi connectivity index (χ1v) is 10.5. The minimum Gasteiger partial charge on any atom is -1.00 e. The van der Waals surface area contributed by atoms with Gasteiger partial charge in [-0.1, -0.05) is 0 Å². The van der Waals surface area contributed by atoms with Gasteiger partial charge in [-0.2, -0.15) is 0 Å². The molecule has 0 saturated heterocycles. The minimum atomic E-state index is -0.605. The van der Waals surface area contributed by atoms with Crippen LogP contribution in [0.3, 0.4) is 0 Å². The van der Waals surface area contributed by atoms with Gasteiger partial charge in [0.1, 0.15) is 0 Å². The summed E-state index contributed by atoms with van der Waals surface area (Å²) in [6.07, 6.45) is 12.5.